The number of amides is 1. The van der Waals surface area contributed by atoms with E-state index in [9.17, 15) is 4.79 Å². The van der Waals surface area contributed by atoms with Crippen molar-refractivity contribution in [3.05, 3.63) is 54.4 Å². The smallest absolute Gasteiger partial charge is 0.261 e. The number of likely N-dealkylation sites (tertiary alicyclic amines) is 1. The SMILES string of the molecule is O=C(COc1ccccc1)N1CCCC[C@@H]1c1nc(-c2ccc3nn[nH]c3c2)n[nH]1. The molecule has 1 fully saturated rings. The number of para-hydroxylation sites is 1. The first-order valence-corrected chi connectivity index (χ1v) is 9.99. The number of aromatic nitrogens is 6. The van der Waals surface area contributed by atoms with Crippen LogP contribution in [-0.2, 0) is 4.79 Å². The number of hydrogen-bond acceptors (Lipinski definition) is 6. The number of nitrogens with one attached hydrogen (secondary N) is 2. The van der Waals surface area contributed by atoms with Crippen LogP contribution in [0.2, 0.25) is 0 Å². The lowest BCUT2D eigenvalue weighted by Crippen LogP contribution is -2.41. The van der Waals surface area contributed by atoms with E-state index in [2.05, 4.69) is 25.6 Å². The summed E-state index contributed by atoms with van der Waals surface area (Å²) in [5.41, 5.74) is 2.47. The van der Waals surface area contributed by atoms with E-state index in [4.69, 9.17) is 9.72 Å². The Balaban J connectivity index is 1.33. The number of hydrogen-bond donors (Lipinski definition) is 2. The van der Waals surface area contributed by atoms with E-state index < -0.39 is 0 Å². The van der Waals surface area contributed by atoms with Crippen LogP contribution in [-0.4, -0.2) is 54.6 Å². The summed E-state index contributed by atoms with van der Waals surface area (Å²) in [5.74, 6) is 1.91. The Labute approximate surface area is 172 Å². The van der Waals surface area contributed by atoms with Crippen molar-refractivity contribution in [2.45, 2.75) is 25.3 Å². The predicted octanol–water partition coefficient (Wildman–Crippen LogP) is 2.88. The molecule has 1 aliphatic rings. The zero-order valence-electron chi connectivity index (χ0n) is 16.3. The molecule has 1 aliphatic heterocycles. The van der Waals surface area contributed by atoms with Crippen LogP contribution in [0.4, 0.5) is 0 Å². The normalized spacial score (nSPS) is 16.7. The molecule has 2 aromatic carbocycles. The molecular weight excluding hydrogens is 382 g/mol. The molecule has 152 valence electrons. The third kappa shape index (κ3) is 3.61. The number of H-pyrrole nitrogens is 2. The molecule has 0 spiro atoms. The summed E-state index contributed by atoms with van der Waals surface area (Å²) in [5, 5.41) is 18.1. The van der Waals surface area contributed by atoms with E-state index in [1.807, 2.05) is 53.4 Å². The Hall–Kier alpha value is -3.75. The molecule has 3 heterocycles. The first-order chi connectivity index (χ1) is 14.8. The van der Waals surface area contributed by atoms with Crippen LogP contribution in [0.3, 0.4) is 0 Å². The molecule has 2 N–H and O–H groups in total. The molecular formula is C21H21N7O2. The first-order valence-electron chi connectivity index (χ1n) is 9.99. The highest BCUT2D eigenvalue weighted by Gasteiger charge is 2.30. The number of benzene rings is 2. The quantitative estimate of drug-likeness (QED) is 0.530. The van der Waals surface area contributed by atoms with Gasteiger partial charge in [-0.1, -0.05) is 23.4 Å². The van der Waals surface area contributed by atoms with Crippen LogP contribution in [0, 0.1) is 0 Å². The minimum absolute atomic E-state index is 0.00496. The van der Waals surface area contributed by atoms with Gasteiger partial charge in [0.25, 0.3) is 5.91 Å². The predicted molar refractivity (Wildman–Crippen MR) is 110 cm³/mol. The summed E-state index contributed by atoms with van der Waals surface area (Å²) in [6, 6.07) is 14.9. The van der Waals surface area contributed by atoms with Gasteiger partial charge in [0, 0.05) is 12.1 Å². The Kier molecular flexibility index (Phi) is 4.84. The molecule has 4 aromatic rings. The van der Waals surface area contributed by atoms with Crippen molar-refractivity contribution in [1.82, 2.24) is 35.5 Å². The average Bonchev–Trinajstić information content (AvgIpc) is 3.47. The zero-order valence-corrected chi connectivity index (χ0v) is 16.3. The Morgan fingerprint density at radius 2 is 2.03 bits per heavy atom. The van der Waals surface area contributed by atoms with Crippen molar-refractivity contribution in [2.75, 3.05) is 13.2 Å². The summed E-state index contributed by atoms with van der Waals surface area (Å²) < 4.78 is 5.66. The highest BCUT2D eigenvalue weighted by atomic mass is 16.5. The number of ether oxygens (including phenoxy) is 1. The molecule has 0 saturated carbocycles. The van der Waals surface area contributed by atoms with Crippen molar-refractivity contribution in [3.8, 4) is 17.1 Å². The lowest BCUT2D eigenvalue weighted by molar-refractivity contribution is -0.137. The maximum atomic E-state index is 12.9. The van der Waals surface area contributed by atoms with Crippen LogP contribution in [0.25, 0.3) is 22.4 Å². The zero-order chi connectivity index (χ0) is 20.3. The van der Waals surface area contributed by atoms with Gasteiger partial charge in [-0.15, -0.1) is 5.10 Å². The fraction of sp³-hybridized carbons (Fsp3) is 0.286. The van der Waals surface area contributed by atoms with Crippen LogP contribution in [0.15, 0.2) is 48.5 Å². The van der Waals surface area contributed by atoms with E-state index in [1.165, 1.54) is 0 Å². The van der Waals surface area contributed by atoms with Crippen LogP contribution >= 0.6 is 0 Å². The lowest BCUT2D eigenvalue weighted by atomic mass is 10.0. The van der Waals surface area contributed by atoms with Crippen LogP contribution < -0.4 is 4.74 Å². The van der Waals surface area contributed by atoms with Gasteiger partial charge in [-0.3, -0.25) is 15.0 Å². The van der Waals surface area contributed by atoms with Gasteiger partial charge in [-0.2, -0.15) is 5.10 Å². The topological polar surface area (TPSA) is 113 Å². The fourth-order valence-electron chi connectivity index (χ4n) is 3.80. The molecule has 9 heteroatoms. The highest BCUT2D eigenvalue weighted by molar-refractivity contribution is 5.79. The minimum Gasteiger partial charge on any atom is -0.484 e. The molecule has 1 atom stereocenters. The number of rotatable bonds is 5. The Morgan fingerprint density at radius 3 is 2.93 bits per heavy atom. The largest absolute Gasteiger partial charge is 0.484 e. The van der Waals surface area contributed by atoms with E-state index in [0.717, 1.165) is 35.9 Å². The molecule has 9 nitrogen and oxygen atoms in total. The summed E-state index contributed by atoms with van der Waals surface area (Å²) in [6.07, 6.45) is 2.85. The number of fused-ring (bicyclic) bond motifs is 1. The number of carbonyl (C=O) groups is 1. The van der Waals surface area contributed by atoms with Gasteiger partial charge in [0.1, 0.15) is 17.1 Å². The third-order valence-corrected chi connectivity index (χ3v) is 5.33. The third-order valence-electron chi connectivity index (χ3n) is 5.33. The summed E-state index contributed by atoms with van der Waals surface area (Å²) in [7, 11) is 0. The van der Waals surface area contributed by atoms with Gasteiger partial charge >= 0.3 is 0 Å². The van der Waals surface area contributed by atoms with Crippen molar-refractivity contribution < 1.29 is 9.53 Å². The van der Waals surface area contributed by atoms with Gasteiger partial charge in [-0.25, -0.2) is 4.98 Å². The maximum absolute atomic E-state index is 12.9. The number of nitrogens with zero attached hydrogens (tertiary/aromatic N) is 5. The standard InChI is InChI=1S/C21H21N7O2/c29-19(13-30-15-6-2-1-3-7-15)28-11-5-4-8-18(28)21-22-20(25-26-21)14-9-10-16-17(12-14)24-27-23-16/h1-3,6-7,9-10,12,18H,4-5,8,11,13H2,(H,22,25,26)(H,23,24,27)/t18-/m1/s1. The second-order valence-corrected chi connectivity index (χ2v) is 7.29. The first kappa shape index (κ1) is 18.3. The highest BCUT2D eigenvalue weighted by Crippen LogP contribution is 2.30. The van der Waals surface area contributed by atoms with E-state index in [-0.39, 0.29) is 18.6 Å². The second kappa shape index (κ2) is 7.94. The number of aromatic amines is 2. The molecule has 0 unspecified atom stereocenters. The molecule has 0 aliphatic carbocycles. The van der Waals surface area contributed by atoms with Crippen molar-refractivity contribution in [1.29, 1.82) is 0 Å². The average molecular weight is 403 g/mol. The lowest BCUT2D eigenvalue weighted by Gasteiger charge is -2.34. The summed E-state index contributed by atoms with van der Waals surface area (Å²) in [6.45, 7) is 0.689. The van der Waals surface area contributed by atoms with Gasteiger partial charge in [-0.05, 0) is 49.6 Å². The van der Waals surface area contributed by atoms with Crippen molar-refractivity contribution in [2.24, 2.45) is 0 Å². The molecule has 5 rings (SSSR count). The maximum Gasteiger partial charge on any atom is 0.261 e. The monoisotopic (exact) mass is 403 g/mol. The fourth-order valence-corrected chi connectivity index (χ4v) is 3.80. The van der Waals surface area contributed by atoms with Gasteiger partial charge in [0.2, 0.25) is 0 Å². The molecule has 1 amide bonds. The Bertz CT molecular complexity index is 1150. The molecule has 2 aromatic heterocycles. The minimum atomic E-state index is -0.135. The van der Waals surface area contributed by atoms with Gasteiger partial charge in [0.05, 0.1) is 11.6 Å². The number of piperidine rings is 1. The second-order valence-electron chi connectivity index (χ2n) is 7.29. The van der Waals surface area contributed by atoms with E-state index >= 15 is 0 Å². The summed E-state index contributed by atoms with van der Waals surface area (Å²) in [4.78, 5) is 19.4. The van der Waals surface area contributed by atoms with E-state index in [1.54, 1.807) is 0 Å². The molecule has 30 heavy (non-hydrogen) atoms. The molecule has 0 bridgehead atoms. The van der Waals surface area contributed by atoms with Gasteiger partial charge in [0.15, 0.2) is 12.4 Å². The molecule has 0 radical (unpaired) electrons. The van der Waals surface area contributed by atoms with E-state index in [0.29, 0.717) is 23.9 Å². The van der Waals surface area contributed by atoms with Gasteiger partial charge < -0.3 is 9.64 Å². The Morgan fingerprint density at radius 1 is 1.13 bits per heavy atom. The van der Waals surface area contributed by atoms with Crippen LogP contribution in [0.5, 0.6) is 5.75 Å². The van der Waals surface area contributed by atoms with Crippen molar-refractivity contribution >= 4 is 16.9 Å². The molecule has 1 saturated heterocycles. The number of carbonyl (C=O) groups excluding carboxylic acids is 1. The van der Waals surface area contributed by atoms with Crippen molar-refractivity contribution in [3.63, 3.8) is 0 Å². The van der Waals surface area contributed by atoms with Crippen LogP contribution in [0.1, 0.15) is 31.1 Å². The summed E-state index contributed by atoms with van der Waals surface area (Å²) >= 11 is 0.